The number of rotatable bonds is 4. The van der Waals surface area contributed by atoms with Crippen molar-refractivity contribution in [3.8, 4) is 11.5 Å². The van der Waals surface area contributed by atoms with E-state index in [-0.39, 0.29) is 5.91 Å². The van der Waals surface area contributed by atoms with Crippen LogP contribution in [0.1, 0.15) is 16.1 Å². The predicted octanol–water partition coefficient (Wildman–Crippen LogP) is 5.37. The summed E-state index contributed by atoms with van der Waals surface area (Å²) in [5, 5.41) is 15.4. The van der Waals surface area contributed by atoms with Gasteiger partial charge in [0.1, 0.15) is 12.1 Å². The van der Waals surface area contributed by atoms with Crippen LogP contribution in [0.4, 0.5) is 5.82 Å². The van der Waals surface area contributed by atoms with Crippen molar-refractivity contribution in [3.05, 3.63) is 102 Å². The molecule has 8 nitrogen and oxygen atoms in total. The van der Waals surface area contributed by atoms with Crippen molar-refractivity contribution in [1.82, 2.24) is 29.5 Å². The van der Waals surface area contributed by atoms with Crippen molar-refractivity contribution in [2.45, 2.75) is 6.92 Å². The molecule has 0 saturated carbocycles. The Bertz CT molecular complexity index is 1740. The minimum atomic E-state index is -0.239. The molecular weight excluding hydrogens is 462 g/mol. The highest BCUT2D eigenvalue weighted by atomic mass is 35.5. The predicted molar refractivity (Wildman–Crippen MR) is 135 cm³/mol. The smallest absolute Gasteiger partial charge is 0.256 e. The maximum Gasteiger partial charge on any atom is 0.256 e. The highest BCUT2D eigenvalue weighted by molar-refractivity contribution is 6.30. The lowest BCUT2D eigenvalue weighted by Crippen LogP contribution is -2.15. The molecule has 9 heteroatoms. The van der Waals surface area contributed by atoms with Gasteiger partial charge in [-0.15, -0.1) is 0 Å². The molecular formula is C26H18ClN7O. The first-order valence-corrected chi connectivity index (χ1v) is 11.3. The van der Waals surface area contributed by atoms with Gasteiger partial charge in [0, 0.05) is 16.7 Å². The molecule has 1 amide bonds. The van der Waals surface area contributed by atoms with Gasteiger partial charge in [-0.3, -0.25) is 4.79 Å². The Morgan fingerprint density at radius 1 is 0.914 bits per heavy atom. The molecule has 0 spiro atoms. The summed E-state index contributed by atoms with van der Waals surface area (Å²) in [4.78, 5) is 22.0. The van der Waals surface area contributed by atoms with Crippen LogP contribution in [0.2, 0.25) is 5.02 Å². The number of hydrogen-bond acceptors (Lipinski definition) is 5. The van der Waals surface area contributed by atoms with Gasteiger partial charge in [0.2, 0.25) is 0 Å². The van der Waals surface area contributed by atoms with Gasteiger partial charge in [0.05, 0.1) is 23.0 Å². The minimum Gasteiger partial charge on any atom is -0.306 e. The van der Waals surface area contributed by atoms with E-state index in [2.05, 4.69) is 25.5 Å². The summed E-state index contributed by atoms with van der Waals surface area (Å²) in [5.74, 6) is 0.762. The SMILES string of the molecule is Cc1cc(NC(=O)c2ccc3ccccc3c2)n(-c2ncnc3c2cnn3-c2cccc(Cl)c2)n1. The van der Waals surface area contributed by atoms with Crippen LogP contribution in [0.5, 0.6) is 0 Å². The minimum absolute atomic E-state index is 0.239. The van der Waals surface area contributed by atoms with Gasteiger partial charge in [-0.1, -0.05) is 48.0 Å². The van der Waals surface area contributed by atoms with Crippen LogP contribution in [-0.2, 0) is 0 Å². The number of nitrogens with one attached hydrogen (secondary N) is 1. The van der Waals surface area contributed by atoms with Crippen LogP contribution in [-0.4, -0.2) is 35.4 Å². The lowest BCUT2D eigenvalue weighted by Gasteiger charge is -2.10. The summed E-state index contributed by atoms with van der Waals surface area (Å²) >= 11 is 6.17. The van der Waals surface area contributed by atoms with Gasteiger partial charge in [-0.2, -0.15) is 14.9 Å². The molecule has 6 aromatic rings. The molecule has 6 rings (SSSR count). The summed E-state index contributed by atoms with van der Waals surface area (Å²) in [6, 6.07) is 22.7. The van der Waals surface area contributed by atoms with Crippen LogP contribution in [0.15, 0.2) is 85.3 Å². The maximum absolute atomic E-state index is 13.1. The van der Waals surface area contributed by atoms with Gasteiger partial charge >= 0.3 is 0 Å². The second kappa shape index (κ2) is 8.34. The van der Waals surface area contributed by atoms with Gasteiger partial charge in [0.15, 0.2) is 11.5 Å². The third kappa shape index (κ3) is 3.79. The topological polar surface area (TPSA) is 90.5 Å². The number of benzene rings is 3. The van der Waals surface area contributed by atoms with Crippen molar-refractivity contribution < 1.29 is 4.79 Å². The largest absolute Gasteiger partial charge is 0.306 e. The fourth-order valence-corrected chi connectivity index (χ4v) is 4.25. The van der Waals surface area contributed by atoms with Crippen molar-refractivity contribution in [2.75, 3.05) is 5.32 Å². The van der Waals surface area contributed by atoms with E-state index in [0.29, 0.717) is 33.3 Å². The molecule has 0 aliphatic carbocycles. The Hall–Kier alpha value is -4.56. The second-order valence-corrected chi connectivity index (χ2v) is 8.51. The number of carbonyl (C=O) groups is 1. The van der Waals surface area contributed by atoms with E-state index in [1.54, 1.807) is 27.7 Å². The Morgan fingerprint density at radius 3 is 2.63 bits per heavy atom. The number of nitrogens with zero attached hydrogens (tertiary/aromatic N) is 6. The molecule has 1 N–H and O–H groups in total. The molecule has 0 radical (unpaired) electrons. The zero-order valence-electron chi connectivity index (χ0n) is 18.6. The summed E-state index contributed by atoms with van der Waals surface area (Å²) < 4.78 is 3.29. The lowest BCUT2D eigenvalue weighted by atomic mass is 10.1. The molecule has 170 valence electrons. The zero-order valence-corrected chi connectivity index (χ0v) is 19.3. The fourth-order valence-electron chi connectivity index (χ4n) is 4.07. The van der Waals surface area contributed by atoms with Crippen molar-refractivity contribution in [1.29, 1.82) is 0 Å². The molecule has 35 heavy (non-hydrogen) atoms. The van der Waals surface area contributed by atoms with Crippen LogP contribution in [0, 0.1) is 6.92 Å². The summed E-state index contributed by atoms with van der Waals surface area (Å²) in [6.07, 6.45) is 3.13. The Balaban J connectivity index is 1.39. The Labute approximate surface area is 204 Å². The van der Waals surface area contributed by atoms with E-state index in [1.807, 2.05) is 67.6 Å². The molecule has 0 aliphatic heterocycles. The Morgan fingerprint density at radius 2 is 1.77 bits per heavy atom. The lowest BCUT2D eigenvalue weighted by molar-refractivity contribution is 0.102. The molecule has 3 heterocycles. The number of carbonyl (C=O) groups excluding carboxylic acids is 1. The molecule has 0 unspecified atom stereocenters. The van der Waals surface area contributed by atoms with Gasteiger partial charge < -0.3 is 5.32 Å². The van der Waals surface area contributed by atoms with Crippen LogP contribution < -0.4 is 5.32 Å². The molecule has 3 aromatic carbocycles. The number of fused-ring (bicyclic) bond motifs is 2. The molecule has 0 saturated heterocycles. The molecule has 0 aliphatic rings. The molecule has 0 atom stereocenters. The molecule has 0 fully saturated rings. The summed E-state index contributed by atoms with van der Waals surface area (Å²) in [5.41, 5.74) is 2.65. The van der Waals surface area contributed by atoms with E-state index in [4.69, 9.17) is 11.6 Å². The third-order valence-electron chi connectivity index (χ3n) is 5.68. The number of halogens is 1. The first-order valence-electron chi connectivity index (χ1n) is 10.9. The van der Waals surface area contributed by atoms with E-state index in [9.17, 15) is 4.79 Å². The van der Waals surface area contributed by atoms with Crippen LogP contribution in [0.25, 0.3) is 33.3 Å². The number of amides is 1. The van der Waals surface area contributed by atoms with Crippen LogP contribution in [0.3, 0.4) is 0 Å². The highest BCUT2D eigenvalue weighted by Gasteiger charge is 2.18. The first-order chi connectivity index (χ1) is 17.1. The van der Waals surface area contributed by atoms with Gasteiger partial charge in [-0.25, -0.2) is 14.6 Å². The number of hydrogen-bond donors (Lipinski definition) is 1. The summed E-state index contributed by atoms with van der Waals surface area (Å²) in [7, 11) is 0. The van der Waals surface area contributed by atoms with Crippen LogP contribution >= 0.6 is 11.6 Å². The monoisotopic (exact) mass is 479 g/mol. The quantitative estimate of drug-likeness (QED) is 0.367. The zero-order chi connectivity index (χ0) is 23.9. The number of aromatic nitrogens is 6. The maximum atomic E-state index is 13.1. The second-order valence-electron chi connectivity index (χ2n) is 8.07. The number of anilines is 1. The fraction of sp³-hybridized carbons (Fsp3) is 0.0385. The molecule has 0 bridgehead atoms. The van der Waals surface area contributed by atoms with Gasteiger partial charge in [0.25, 0.3) is 5.91 Å². The third-order valence-corrected chi connectivity index (χ3v) is 5.92. The summed E-state index contributed by atoms with van der Waals surface area (Å²) in [6.45, 7) is 1.86. The van der Waals surface area contributed by atoms with E-state index in [1.165, 1.54) is 6.33 Å². The first kappa shape index (κ1) is 21.0. The van der Waals surface area contributed by atoms with Crippen molar-refractivity contribution in [2.24, 2.45) is 0 Å². The van der Waals surface area contributed by atoms with Crippen molar-refractivity contribution in [3.63, 3.8) is 0 Å². The van der Waals surface area contributed by atoms with E-state index < -0.39 is 0 Å². The van der Waals surface area contributed by atoms with Gasteiger partial charge in [-0.05, 0) is 48.0 Å². The van der Waals surface area contributed by atoms with E-state index >= 15 is 0 Å². The standard InChI is InChI=1S/C26H18ClN7O/c1-16-11-23(31-26(35)19-10-9-17-5-2-3-6-18(17)12-19)34(32-16)25-22-14-30-33(24(22)28-15-29-25)21-8-4-7-20(27)13-21/h2-15H,1H3,(H,31,35). The number of aryl methyl sites for hydroxylation is 1. The highest BCUT2D eigenvalue weighted by Crippen LogP contribution is 2.25. The molecule has 3 aromatic heterocycles. The van der Waals surface area contributed by atoms with E-state index in [0.717, 1.165) is 22.2 Å². The normalized spacial score (nSPS) is 11.3. The average molecular weight is 480 g/mol. The van der Waals surface area contributed by atoms with Crippen molar-refractivity contribution >= 4 is 45.1 Å². The Kier molecular flexibility index (Phi) is 5.00. The average Bonchev–Trinajstić information content (AvgIpc) is 3.47.